The standard InChI is InChI=1S/C29H38F3N3O2/c1-19-15-21(3)28(22(4)16-19)35-13-11-34(12-14-35)27(36)18-37-25-9-7-23(8-10-25)33-24-6-5-20(2)26(17-24)29(30,31)32/h5-6,15-17,23,25,33H,7-14,18H2,1-4H3. The molecule has 5 nitrogen and oxygen atoms in total. The summed E-state index contributed by atoms with van der Waals surface area (Å²) in [6.45, 7) is 10.9. The van der Waals surface area contributed by atoms with Gasteiger partial charge in [-0.05, 0) is 82.2 Å². The van der Waals surface area contributed by atoms with Gasteiger partial charge in [-0.3, -0.25) is 4.79 Å². The van der Waals surface area contributed by atoms with Crippen LogP contribution in [0.25, 0.3) is 0 Å². The summed E-state index contributed by atoms with van der Waals surface area (Å²) in [5.41, 5.74) is 5.20. The first-order chi connectivity index (χ1) is 17.5. The summed E-state index contributed by atoms with van der Waals surface area (Å²) in [6, 6.07) is 8.91. The van der Waals surface area contributed by atoms with Crippen molar-refractivity contribution in [2.75, 3.05) is 43.0 Å². The number of hydrogen-bond acceptors (Lipinski definition) is 4. The van der Waals surface area contributed by atoms with Gasteiger partial charge in [0.1, 0.15) is 6.61 Å². The minimum atomic E-state index is -4.36. The van der Waals surface area contributed by atoms with E-state index < -0.39 is 11.7 Å². The predicted octanol–water partition coefficient (Wildman–Crippen LogP) is 6.03. The van der Waals surface area contributed by atoms with E-state index in [1.807, 2.05) is 4.90 Å². The number of benzene rings is 2. The first-order valence-electron chi connectivity index (χ1n) is 13.2. The number of anilines is 2. The molecule has 4 rings (SSSR count). The lowest BCUT2D eigenvalue weighted by Gasteiger charge is -2.38. The first kappa shape index (κ1) is 27.3. The molecule has 202 valence electrons. The molecule has 1 heterocycles. The van der Waals surface area contributed by atoms with Crippen LogP contribution >= 0.6 is 0 Å². The summed E-state index contributed by atoms with van der Waals surface area (Å²) >= 11 is 0. The summed E-state index contributed by atoms with van der Waals surface area (Å²) in [5.74, 6) is 0.0246. The van der Waals surface area contributed by atoms with Crippen molar-refractivity contribution >= 4 is 17.3 Å². The fraction of sp³-hybridized carbons (Fsp3) is 0.552. The molecule has 0 bridgehead atoms. The normalized spacial score (nSPS) is 20.7. The maximum Gasteiger partial charge on any atom is 0.416 e. The molecule has 0 spiro atoms. The Bertz CT molecular complexity index is 1080. The van der Waals surface area contributed by atoms with E-state index in [4.69, 9.17) is 4.74 Å². The Labute approximate surface area is 218 Å². The Kier molecular flexibility index (Phi) is 8.36. The average molecular weight is 518 g/mol. The molecule has 2 aliphatic rings. The lowest BCUT2D eigenvalue weighted by Crippen LogP contribution is -2.50. The smallest absolute Gasteiger partial charge is 0.382 e. The molecular formula is C29H38F3N3O2. The molecule has 1 amide bonds. The molecule has 8 heteroatoms. The number of nitrogens with zero attached hydrogens (tertiary/aromatic N) is 2. The number of alkyl halides is 3. The van der Waals surface area contributed by atoms with Crippen LogP contribution < -0.4 is 10.2 Å². The highest BCUT2D eigenvalue weighted by Crippen LogP contribution is 2.34. The van der Waals surface area contributed by atoms with Gasteiger partial charge >= 0.3 is 6.18 Å². The maximum absolute atomic E-state index is 13.2. The molecule has 2 aromatic carbocycles. The Morgan fingerprint density at radius 2 is 1.54 bits per heavy atom. The zero-order valence-corrected chi connectivity index (χ0v) is 22.3. The van der Waals surface area contributed by atoms with E-state index in [0.717, 1.165) is 38.8 Å². The van der Waals surface area contributed by atoms with E-state index in [0.29, 0.717) is 18.8 Å². The Hall–Kier alpha value is -2.74. The molecule has 2 fully saturated rings. The van der Waals surface area contributed by atoms with E-state index >= 15 is 0 Å². The zero-order chi connectivity index (χ0) is 26.7. The molecule has 0 aromatic heterocycles. The molecule has 37 heavy (non-hydrogen) atoms. The third-order valence-corrected chi connectivity index (χ3v) is 7.61. The number of carbonyl (C=O) groups excluding carboxylic acids is 1. The second-order valence-corrected chi connectivity index (χ2v) is 10.6. The molecular weight excluding hydrogens is 479 g/mol. The molecule has 0 unspecified atom stereocenters. The predicted molar refractivity (Wildman–Crippen MR) is 141 cm³/mol. The largest absolute Gasteiger partial charge is 0.416 e. The molecule has 1 saturated heterocycles. The van der Waals surface area contributed by atoms with Gasteiger partial charge in [0.2, 0.25) is 5.91 Å². The van der Waals surface area contributed by atoms with Crippen molar-refractivity contribution in [3.8, 4) is 0 Å². The van der Waals surface area contributed by atoms with E-state index in [2.05, 4.69) is 43.1 Å². The quantitative estimate of drug-likeness (QED) is 0.509. The zero-order valence-electron chi connectivity index (χ0n) is 22.3. The Morgan fingerprint density at radius 3 is 2.14 bits per heavy atom. The third kappa shape index (κ3) is 6.78. The topological polar surface area (TPSA) is 44.8 Å². The summed E-state index contributed by atoms with van der Waals surface area (Å²) < 4.78 is 45.6. The number of hydrogen-bond donors (Lipinski definition) is 1. The van der Waals surface area contributed by atoms with Gasteiger partial charge in [0.15, 0.2) is 0 Å². The average Bonchev–Trinajstić information content (AvgIpc) is 2.84. The van der Waals surface area contributed by atoms with Gasteiger partial charge in [-0.1, -0.05) is 23.8 Å². The van der Waals surface area contributed by atoms with E-state index in [1.54, 1.807) is 6.07 Å². The van der Waals surface area contributed by atoms with Crippen LogP contribution in [0.5, 0.6) is 0 Å². The van der Waals surface area contributed by atoms with Gasteiger partial charge in [0, 0.05) is 43.6 Å². The van der Waals surface area contributed by atoms with Gasteiger partial charge in [-0.2, -0.15) is 13.2 Å². The number of rotatable bonds is 6. The minimum absolute atomic E-state index is 0.00454. The van der Waals surface area contributed by atoms with Crippen LogP contribution in [-0.2, 0) is 15.7 Å². The molecule has 0 atom stereocenters. The number of nitrogens with one attached hydrogen (secondary N) is 1. The van der Waals surface area contributed by atoms with Crippen molar-refractivity contribution in [1.29, 1.82) is 0 Å². The molecule has 0 radical (unpaired) electrons. The van der Waals surface area contributed by atoms with Crippen molar-refractivity contribution in [2.24, 2.45) is 0 Å². The Morgan fingerprint density at radius 1 is 0.919 bits per heavy atom. The highest BCUT2D eigenvalue weighted by atomic mass is 19.4. The van der Waals surface area contributed by atoms with Gasteiger partial charge < -0.3 is 19.9 Å². The minimum Gasteiger partial charge on any atom is -0.382 e. The van der Waals surface area contributed by atoms with E-state index in [9.17, 15) is 18.0 Å². The number of amides is 1. The van der Waals surface area contributed by atoms with E-state index in [1.165, 1.54) is 41.4 Å². The van der Waals surface area contributed by atoms with Crippen LogP contribution in [0.2, 0.25) is 0 Å². The molecule has 1 aliphatic carbocycles. The van der Waals surface area contributed by atoms with Crippen LogP contribution in [-0.4, -0.2) is 55.7 Å². The van der Waals surface area contributed by atoms with Crippen LogP contribution in [0, 0.1) is 27.7 Å². The summed E-state index contributed by atoms with van der Waals surface area (Å²) in [6.07, 6.45) is -1.20. The van der Waals surface area contributed by atoms with Crippen molar-refractivity contribution in [1.82, 2.24) is 4.90 Å². The van der Waals surface area contributed by atoms with Crippen LogP contribution in [0.4, 0.5) is 24.5 Å². The first-order valence-corrected chi connectivity index (χ1v) is 13.2. The summed E-state index contributed by atoms with van der Waals surface area (Å²) in [7, 11) is 0. The number of halogens is 3. The van der Waals surface area contributed by atoms with Crippen molar-refractivity contribution < 1.29 is 22.7 Å². The van der Waals surface area contributed by atoms with Crippen molar-refractivity contribution in [3.05, 3.63) is 58.1 Å². The number of ether oxygens (including phenoxy) is 1. The maximum atomic E-state index is 13.2. The van der Waals surface area contributed by atoms with Gasteiger partial charge in [-0.15, -0.1) is 0 Å². The van der Waals surface area contributed by atoms with Gasteiger partial charge in [0.05, 0.1) is 11.7 Å². The van der Waals surface area contributed by atoms with Crippen LogP contribution in [0.3, 0.4) is 0 Å². The molecule has 1 aliphatic heterocycles. The number of piperazine rings is 1. The van der Waals surface area contributed by atoms with Crippen LogP contribution in [0.15, 0.2) is 30.3 Å². The third-order valence-electron chi connectivity index (χ3n) is 7.61. The fourth-order valence-electron chi connectivity index (χ4n) is 5.76. The van der Waals surface area contributed by atoms with Crippen LogP contribution in [0.1, 0.15) is 53.5 Å². The summed E-state index contributed by atoms with van der Waals surface area (Å²) in [4.78, 5) is 17.0. The SMILES string of the molecule is Cc1cc(C)c(N2CCN(C(=O)COC3CCC(Nc4ccc(C)c(C(F)(F)F)c4)CC3)CC2)c(C)c1. The lowest BCUT2D eigenvalue weighted by atomic mass is 9.92. The van der Waals surface area contributed by atoms with Crippen molar-refractivity contribution in [3.63, 3.8) is 0 Å². The van der Waals surface area contributed by atoms with Gasteiger partial charge in [0.25, 0.3) is 0 Å². The molecule has 1 saturated carbocycles. The monoisotopic (exact) mass is 517 g/mol. The Balaban J connectivity index is 1.20. The van der Waals surface area contributed by atoms with E-state index in [-0.39, 0.29) is 30.2 Å². The fourth-order valence-corrected chi connectivity index (χ4v) is 5.76. The molecule has 1 N–H and O–H groups in total. The molecule has 2 aromatic rings. The number of carbonyl (C=O) groups is 1. The van der Waals surface area contributed by atoms with Gasteiger partial charge in [-0.25, -0.2) is 0 Å². The highest BCUT2D eigenvalue weighted by Gasteiger charge is 2.33. The second-order valence-electron chi connectivity index (χ2n) is 10.6. The lowest BCUT2D eigenvalue weighted by molar-refractivity contribution is -0.139. The number of aryl methyl sites for hydroxylation is 4. The highest BCUT2D eigenvalue weighted by molar-refractivity contribution is 5.78. The summed E-state index contributed by atoms with van der Waals surface area (Å²) in [5, 5.41) is 3.25. The second kappa shape index (κ2) is 11.3. The van der Waals surface area contributed by atoms with Crippen molar-refractivity contribution in [2.45, 2.75) is 71.7 Å².